The second kappa shape index (κ2) is 6.52. The molecule has 2 aromatic rings. The molecule has 5 heteroatoms. The molecule has 1 aliphatic heterocycles. The zero-order chi connectivity index (χ0) is 16.4. The summed E-state index contributed by atoms with van der Waals surface area (Å²) in [6.45, 7) is 7.42. The van der Waals surface area contributed by atoms with Crippen LogP contribution in [-0.2, 0) is 4.79 Å². The van der Waals surface area contributed by atoms with Crippen molar-refractivity contribution >= 4 is 5.91 Å². The molecule has 23 heavy (non-hydrogen) atoms. The Morgan fingerprint density at radius 3 is 2.70 bits per heavy atom. The molecule has 3 rings (SSSR count). The Morgan fingerprint density at radius 2 is 2.00 bits per heavy atom. The summed E-state index contributed by atoms with van der Waals surface area (Å²) >= 11 is 0. The fourth-order valence-electron chi connectivity index (χ4n) is 2.96. The van der Waals surface area contributed by atoms with Crippen LogP contribution >= 0.6 is 0 Å². The molecule has 1 aromatic heterocycles. The largest absolute Gasteiger partial charge is 0.420 e. The van der Waals surface area contributed by atoms with Crippen molar-refractivity contribution in [1.29, 1.82) is 0 Å². The first-order chi connectivity index (χ1) is 11.0. The highest BCUT2D eigenvalue weighted by Gasteiger charge is 2.29. The van der Waals surface area contributed by atoms with Crippen LogP contribution in [0.1, 0.15) is 44.1 Å². The number of nitrogens with zero attached hydrogens (tertiary/aromatic N) is 3. The van der Waals surface area contributed by atoms with Gasteiger partial charge in [0.05, 0.1) is 5.92 Å². The molecule has 0 saturated carbocycles. The third kappa shape index (κ3) is 3.44. The summed E-state index contributed by atoms with van der Waals surface area (Å²) in [5.41, 5.74) is 2.13. The molecule has 0 aliphatic carbocycles. The molecule has 1 saturated heterocycles. The molecule has 5 nitrogen and oxygen atoms in total. The second-order valence-corrected chi connectivity index (χ2v) is 6.59. The molecule has 122 valence electrons. The van der Waals surface area contributed by atoms with Crippen molar-refractivity contribution in [3.8, 4) is 11.5 Å². The zero-order valence-corrected chi connectivity index (χ0v) is 14.0. The maximum absolute atomic E-state index is 12.2. The van der Waals surface area contributed by atoms with E-state index in [-0.39, 0.29) is 17.7 Å². The Labute approximate surface area is 136 Å². The minimum absolute atomic E-state index is 0.0274. The predicted molar refractivity (Wildman–Crippen MR) is 87.9 cm³/mol. The van der Waals surface area contributed by atoms with Crippen LogP contribution in [0.5, 0.6) is 0 Å². The highest BCUT2D eigenvalue weighted by molar-refractivity contribution is 5.78. The number of carbonyl (C=O) groups excluding carboxylic acids is 1. The number of carbonyl (C=O) groups is 1. The normalized spacial score (nSPS) is 18.4. The summed E-state index contributed by atoms with van der Waals surface area (Å²) in [6, 6.07) is 8.04. The summed E-state index contributed by atoms with van der Waals surface area (Å²) in [5.74, 6) is 1.56. The van der Waals surface area contributed by atoms with Gasteiger partial charge in [0.1, 0.15) is 0 Å². The number of hydrogen-bond donors (Lipinski definition) is 0. The van der Waals surface area contributed by atoms with Crippen LogP contribution < -0.4 is 0 Å². The van der Waals surface area contributed by atoms with Gasteiger partial charge in [-0.15, -0.1) is 10.2 Å². The van der Waals surface area contributed by atoms with Crippen molar-refractivity contribution in [3.63, 3.8) is 0 Å². The Kier molecular flexibility index (Phi) is 4.46. The van der Waals surface area contributed by atoms with Gasteiger partial charge < -0.3 is 9.32 Å². The smallest absolute Gasteiger partial charge is 0.247 e. The van der Waals surface area contributed by atoms with Crippen molar-refractivity contribution in [2.24, 2.45) is 5.92 Å². The molecule has 1 amide bonds. The van der Waals surface area contributed by atoms with Crippen molar-refractivity contribution in [2.75, 3.05) is 13.1 Å². The van der Waals surface area contributed by atoms with Crippen LogP contribution in [0.2, 0.25) is 0 Å². The monoisotopic (exact) mass is 313 g/mol. The van der Waals surface area contributed by atoms with E-state index in [4.69, 9.17) is 4.42 Å². The molecular formula is C18H23N3O2. The fraction of sp³-hybridized carbons (Fsp3) is 0.500. The van der Waals surface area contributed by atoms with Gasteiger partial charge in [-0.3, -0.25) is 4.79 Å². The molecule has 0 unspecified atom stereocenters. The van der Waals surface area contributed by atoms with E-state index in [2.05, 4.69) is 10.2 Å². The Morgan fingerprint density at radius 1 is 1.26 bits per heavy atom. The van der Waals surface area contributed by atoms with Crippen LogP contribution in [0.4, 0.5) is 0 Å². The second-order valence-electron chi connectivity index (χ2n) is 6.59. The SMILES string of the molecule is Cc1ccc(-c2nnc([C@@H]3CCCN(C(=O)C(C)C)C3)o2)cc1. The van der Waals surface area contributed by atoms with Crippen molar-refractivity contribution in [1.82, 2.24) is 15.1 Å². The first-order valence-electron chi connectivity index (χ1n) is 8.24. The van der Waals surface area contributed by atoms with Crippen LogP contribution in [0.25, 0.3) is 11.5 Å². The fourth-order valence-corrected chi connectivity index (χ4v) is 2.96. The number of aromatic nitrogens is 2. The number of rotatable bonds is 3. The number of hydrogen-bond acceptors (Lipinski definition) is 4. The molecule has 0 N–H and O–H groups in total. The average molecular weight is 313 g/mol. The lowest BCUT2D eigenvalue weighted by Gasteiger charge is -2.32. The number of amides is 1. The Balaban J connectivity index is 1.74. The molecule has 2 heterocycles. The minimum atomic E-state index is 0.0274. The molecule has 0 radical (unpaired) electrons. The Bertz CT molecular complexity index is 676. The summed E-state index contributed by atoms with van der Waals surface area (Å²) in [6.07, 6.45) is 1.96. The van der Waals surface area contributed by atoms with Gasteiger partial charge in [0.2, 0.25) is 17.7 Å². The van der Waals surface area contributed by atoms with Crippen molar-refractivity contribution in [2.45, 2.75) is 39.5 Å². The predicted octanol–water partition coefficient (Wildman–Crippen LogP) is 3.41. The third-order valence-corrected chi connectivity index (χ3v) is 4.32. The van der Waals surface area contributed by atoms with E-state index in [1.165, 1.54) is 5.56 Å². The maximum Gasteiger partial charge on any atom is 0.247 e. The van der Waals surface area contributed by atoms with Crippen molar-refractivity contribution < 1.29 is 9.21 Å². The van der Waals surface area contributed by atoms with E-state index < -0.39 is 0 Å². The molecule has 1 aromatic carbocycles. The van der Waals surface area contributed by atoms with Crippen LogP contribution in [0, 0.1) is 12.8 Å². The third-order valence-electron chi connectivity index (χ3n) is 4.32. The molecule has 1 atom stereocenters. The summed E-state index contributed by atoms with van der Waals surface area (Å²) in [7, 11) is 0. The summed E-state index contributed by atoms with van der Waals surface area (Å²) in [5, 5.41) is 8.40. The van der Waals surface area contributed by atoms with E-state index in [1.54, 1.807) is 0 Å². The number of aryl methyl sites for hydroxylation is 1. The lowest BCUT2D eigenvalue weighted by atomic mass is 9.97. The molecule has 0 spiro atoms. The van der Waals surface area contributed by atoms with E-state index in [0.29, 0.717) is 18.3 Å². The van der Waals surface area contributed by atoms with E-state index in [1.807, 2.05) is 49.9 Å². The van der Waals surface area contributed by atoms with Gasteiger partial charge in [-0.25, -0.2) is 0 Å². The van der Waals surface area contributed by atoms with Crippen molar-refractivity contribution in [3.05, 3.63) is 35.7 Å². The average Bonchev–Trinajstić information content (AvgIpc) is 3.05. The minimum Gasteiger partial charge on any atom is -0.420 e. The topological polar surface area (TPSA) is 59.2 Å². The molecule has 1 aliphatic rings. The standard InChI is InChI=1S/C18H23N3O2/c1-12(2)18(22)21-10-4-5-15(11-21)17-20-19-16(23-17)14-8-6-13(3)7-9-14/h6-9,12,15H,4-5,10-11H2,1-3H3/t15-/m1/s1. The van der Waals surface area contributed by atoms with E-state index in [0.717, 1.165) is 24.9 Å². The van der Waals surface area contributed by atoms with Gasteiger partial charge in [-0.05, 0) is 31.9 Å². The highest BCUT2D eigenvalue weighted by Crippen LogP contribution is 2.29. The van der Waals surface area contributed by atoms with Gasteiger partial charge in [-0.2, -0.15) is 0 Å². The lowest BCUT2D eigenvalue weighted by molar-refractivity contribution is -0.135. The van der Waals surface area contributed by atoms with Gasteiger partial charge >= 0.3 is 0 Å². The quantitative estimate of drug-likeness (QED) is 0.871. The lowest BCUT2D eigenvalue weighted by Crippen LogP contribution is -2.41. The van der Waals surface area contributed by atoms with Crippen LogP contribution in [0.3, 0.4) is 0 Å². The summed E-state index contributed by atoms with van der Waals surface area (Å²) < 4.78 is 5.88. The van der Waals surface area contributed by atoms with Gasteiger partial charge in [0.25, 0.3) is 0 Å². The van der Waals surface area contributed by atoms with Gasteiger partial charge in [0.15, 0.2) is 0 Å². The zero-order valence-electron chi connectivity index (χ0n) is 14.0. The first kappa shape index (κ1) is 15.7. The van der Waals surface area contributed by atoms with Crippen LogP contribution in [0.15, 0.2) is 28.7 Å². The van der Waals surface area contributed by atoms with Gasteiger partial charge in [0, 0.05) is 24.6 Å². The number of likely N-dealkylation sites (tertiary alicyclic amines) is 1. The molecule has 0 bridgehead atoms. The molecule has 1 fully saturated rings. The summed E-state index contributed by atoms with van der Waals surface area (Å²) in [4.78, 5) is 14.1. The number of benzene rings is 1. The van der Waals surface area contributed by atoms with Crippen LogP contribution in [-0.4, -0.2) is 34.1 Å². The first-order valence-corrected chi connectivity index (χ1v) is 8.24. The number of piperidine rings is 1. The van der Waals surface area contributed by atoms with E-state index >= 15 is 0 Å². The van der Waals surface area contributed by atoms with Gasteiger partial charge in [-0.1, -0.05) is 31.5 Å². The van der Waals surface area contributed by atoms with E-state index in [9.17, 15) is 4.79 Å². The Hall–Kier alpha value is -2.17. The highest BCUT2D eigenvalue weighted by atomic mass is 16.4. The maximum atomic E-state index is 12.2. The molecular weight excluding hydrogens is 290 g/mol.